The minimum absolute atomic E-state index is 0.466. The number of aliphatic hydroxyl groups is 8. The molecule has 3 rings (SSSR count). The monoisotopic (exact) mass is 561 g/mol. The van der Waals surface area contributed by atoms with Crippen molar-refractivity contribution in [2.24, 2.45) is 0 Å². The van der Waals surface area contributed by atoms with Crippen LogP contribution in [0.4, 0.5) is 4.39 Å². The van der Waals surface area contributed by atoms with Crippen LogP contribution in [0.25, 0.3) is 0 Å². The zero-order valence-electron chi connectivity index (χ0n) is 20.8. The Kier molecular flexibility index (Phi) is 10.4. The van der Waals surface area contributed by atoms with E-state index in [1.54, 1.807) is 0 Å². The van der Waals surface area contributed by atoms with E-state index in [0.717, 1.165) is 6.92 Å². The van der Waals surface area contributed by atoms with E-state index >= 15 is 0 Å². The predicted molar refractivity (Wildman–Crippen MR) is 116 cm³/mol. The van der Waals surface area contributed by atoms with E-state index in [9.17, 15) is 50.0 Å². The van der Waals surface area contributed by atoms with E-state index < -0.39 is 111 Å². The Bertz CT molecular complexity index is 794. The van der Waals surface area contributed by atoms with Crippen LogP contribution in [0.3, 0.4) is 0 Å². The van der Waals surface area contributed by atoms with Gasteiger partial charge < -0.3 is 74.6 Å². The molecule has 0 aromatic rings. The molecular formula is C21H36FNO15. The fourth-order valence-corrected chi connectivity index (χ4v) is 4.57. The van der Waals surface area contributed by atoms with E-state index in [-0.39, 0.29) is 0 Å². The Balaban J connectivity index is 1.82. The van der Waals surface area contributed by atoms with Gasteiger partial charge in [0.2, 0.25) is 5.91 Å². The molecule has 1 amide bonds. The molecule has 15 atom stereocenters. The van der Waals surface area contributed by atoms with Crippen molar-refractivity contribution in [3.8, 4) is 0 Å². The molecule has 38 heavy (non-hydrogen) atoms. The van der Waals surface area contributed by atoms with Crippen molar-refractivity contribution in [3.05, 3.63) is 0 Å². The van der Waals surface area contributed by atoms with Crippen LogP contribution in [0, 0.1) is 0 Å². The third-order valence-electron chi connectivity index (χ3n) is 6.77. The number of aliphatic hydroxyl groups excluding tert-OH is 7. The van der Waals surface area contributed by atoms with Crippen LogP contribution in [-0.2, 0) is 33.2 Å². The summed E-state index contributed by atoms with van der Waals surface area (Å²) in [5, 5.41) is 82.9. The quantitative estimate of drug-likeness (QED) is 0.134. The van der Waals surface area contributed by atoms with Gasteiger partial charge in [-0.05, 0) is 6.92 Å². The standard InChI is InChI=1S/C21H36FNO15/c1-6-11(26)12(27)16(20(35-6)34-5-8-15(33-3)13(28)14(29)18(31)36-8)38-19-10(23-7(2)25)17(30)21(22,32)9(4-24)37-19/h6,8-20,24,26-32H,4-5H2,1-3H3,(H,23,25)/t6-,8-,9-,10-,11-,12+,13-,14-,15-,16+,17-,18-,19+,20+,21-/m1/s1. The highest BCUT2D eigenvalue weighted by Gasteiger charge is 2.58. The van der Waals surface area contributed by atoms with Gasteiger partial charge in [-0.2, -0.15) is 0 Å². The third-order valence-corrected chi connectivity index (χ3v) is 6.77. The highest BCUT2D eigenvalue weighted by molar-refractivity contribution is 5.73. The van der Waals surface area contributed by atoms with Gasteiger partial charge in [-0.15, -0.1) is 0 Å². The molecule has 0 unspecified atom stereocenters. The van der Waals surface area contributed by atoms with Crippen LogP contribution >= 0.6 is 0 Å². The number of amides is 1. The first kappa shape index (κ1) is 31.4. The molecule has 17 heteroatoms. The van der Waals surface area contributed by atoms with Crippen LogP contribution in [-0.4, -0.2) is 159 Å². The molecule has 0 aromatic carbocycles. The van der Waals surface area contributed by atoms with Gasteiger partial charge in [-0.3, -0.25) is 4.79 Å². The summed E-state index contributed by atoms with van der Waals surface area (Å²) in [7, 11) is 1.22. The van der Waals surface area contributed by atoms with Crippen LogP contribution < -0.4 is 5.32 Å². The van der Waals surface area contributed by atoms with Gasteiger partial charge in [-0.1, -0.05) is 0 Å². The van der Waals surface area contributed by atoms with Crippen molar-refractivity contribution < 1.29 is 78.5 Å². The summed E-state index contributed by atoms with van der Waals surface area (Å²) < 4.78 is 47.3. The van der Waals surface area contributed by atoms with Gasteiger partial charge in [0, 0.05) is 14.0 Å². The molecule has 3 heterocycles. The molecule has 0 aromatic heterocycles. The van der Waals surface area contributed by atoms with Crippen LogP contribution in [0.2, 0.25) is 0 Å². The molecule has 0 bridgehead atoms. The van der Waals surface area contributed by atoms with Crippen LogP contribution in [0.1, 0.15) is 13.8 Å². The number of carbonyl (C=O) groups excluding carboxylic acids is 1. The van der Waals surface area contributed by atoms with Gasteiger partial charge in [0.1, 0.15) is 61.0 Å². The lowest BCUT2D eigenvalue weighted by Crippen LogP contribution is -2.71. The number of rotatable bonds is 8. The molecule has 3 fully saturated rings. The van der Waals surface area contributed by atoms with Crippen molar-refractivity contribution in [2.45, 2.75) is 106 Å². The Labute approximate surface area is 216 Å². The number of hydrogen-bond acceptors (Lipinski definition) is 15. The first-order chi connectivity index (χ1) is 17.7. The van der Waals surface area contributed by atoms with Crippen LogP contribution in [0.5, 0.6) is 0 Å². The van der Waals surface area contributed by atoms with E-state index in [4.69, 9.17) is 28.4 Å². The fraction of sp³-hybridized carbons (Fsp3) is 0.952. The number of ether oxygens (including phenoxy) is 6. The molecule has 9 N–H and O–H groups in total. The number of alkyl halides is 1. The smallest absolute Gasteiger partial charge is 0.263 e. The van der Waals surface area contributed by atoms with Gasteiger partial charge in [0.15, 0.2) is 18.9 Å². The second-order valence-corrected chi connectivity index (χ2v) is 9.45. The van der Waals surface area contributed by atoms with Crippen molar-refractivity contribution in [1.29, 1.82) is 0 Å². The van der Waals surface area contributed by atoms with Crippen molar-refractivity contribution >= 4 is 5.91 Å². The third kappa shape index (κ3) is 6.26. The van der Waals surface area contributed by atoms with E-state index in [0.29, 0.717) is 0 Å². The van der Waals surface area contributed by atoms with Gasteiger partial charge in [-0.25, -0.2) is 4.39 Å². The van der Waals surface area contributed by atoms with E-state index in [2.05, 4.69) is 5.32 Å². The maximum atomic E-state index is 14.7. The number of methoxy groups -OCH3 is 1. The Morgan fingerprint density at radius 1 is 0.974 bits per heavy atom. The first-order valence-corrected chi connectivity index (χ1v) is 11.9. The molecule has 0 spiro atoms. The topological polar surface area (TPSA) is 246 Å². The molecule has 16 nitrogen and oxygen atoms in total. The Morgan fingerprint density at radius 2 is 1.61 bits per heavy atom. The Morgan fingerprint density at radius 3 is 2.18 bits per heavy atom. The number of halogens is 1. The first-order valence-electron chi connectivity index (χ1n) is 11.9. The summed E-state index contributed by atoms with van der Waals surface area (Å²) >= 11 is 0. The number of nitrogens with one attached hydrogen (secondary N) is 1. The lowest BCUT2D eigenvalue weighted by molar-refractivity contribution is -0.381. The highest BCUT2D eigenvalue weighted by Crippen LogP contribution is 2.35. The summed E-state index contributed by atoms with van der Waals surface area (Å²) in [5.74, 6) is -4.27. The van der Waals surface area contributed by atoms with Gasteiger partial charge in [0.25, 0.3) is 5.85 Å². The van der Waals surface area contributed by atoms with Gasteiger partial charge >= 0.3 is 0 Å². The molecule has 0 aliphatic carbocycles. The predicted octanol–water partition coefficient (Wildman–Crippen LogP) is -5.45. The SMILES string of the molecule is CO[C@H]1[C@H](O)[C@@H](O)[C@H](O)O[C@@H]1CO[C@H]1O[C@H](C)[C@@H](O)[C@H](O)[C@@H]1O[C@@H]1O[C@H](CO)[C@](O)(F)[C@H](O)[C@H]1NC(C)=O. The highest BCUT2D eigenvalue weighted by atomic mass is 19.2. The van der Waals surface area contributed by atoms with Crippen molar-refractivity contribution in [1.82, 2.24) is 5.32 Å². The minimum atomic E-state index is -3.49. The molecule has 3 aliphatic rings. The van der Waals surface area contributed by atoms with E-state index in [1.807, 2.05) is 0 Å². The Hall–Kier alpha value is -1.16. The second kappa shape index (κ2) is 12.6. The van der Waals surface area contributed by atoms with Crippen molar-refractivity contribution in [2.75, 3.05) is 20.3 Å². The lowest BCUT2D eigenvalue weighted by atomic mass is 9.94. The van der Waals surface area contributed by atoms with Crippen LogP contribution in [0.15, 0.2) is 0 Å². The molecule has 3 aliphatic heterocycles. The number of hydrogen-bond donors (Lipinski definition) is 9. The zero-order valence-corrected chi connectivity index (χ0v) is 20.8. The molecule has 0 saturated carbocycles. The summed E-state index contributed by atoms with van der Waals surface area (Å²) in [6.45, 7) is 0.872. The summed E-state index contributed by atoms with van der Waals surface area (Å²) in [6.07, 6.45) is -20.9. The summed E-state index contributed by atoms with van der Waals surface area (Å²) in [6, 6.07) is -1.75. The molecular weight excluding hydrogens is 525 g/mol. The molecule has 3 saturated heterocycles. The zero-order chi connectivity index (χ0) is 28.5. The summed E-state index contributed by atoms with van der Waals surface area (Å²) in [5.41, 5.74) is 0. The summed E-state index contributed by atoms with van der Waals surface area (Å²) in [4.78, 5) is 11.7. The average Bonchev–Trinajstić information content (AvgIpc) is 2.85. The lowest BCUT2D eigenvalue weighted by Gasteiger charge is -2.48. The molecule has 222 valence electrons. The minimum Gasteiger partial charge on any atom is -0.393 e. The van der Waals surface area contributed by atoms with Crippen molar-refractivity contribution in [3.63, 3.8) is 0 Å². The van der Waals surface area contributed by atoms with Gasteiger partial charge in [0.05, 0.1) is 19.3 Å². The number of carbonyl (C=O) groups is 1. The largest absolute Gasteiger partial charge is 0.393 e. The average molecular weight is 562 g/mol. The van der Waals surface area contributed by atoms with E-state index in [1.165, 1.54) is 14.0 Å². The second-order valence-electron chi connectivity index (χ2n) is 9.45. The molecule has 0 radical (unpaired) electrons. The fourth-order valence-electron chi connectivity index (χ4n) is 4.57. The normalized spacial score (nSPS) is 50.0. The maximum Gasteiger partial charge on any atom is 0.263 e. The maximum absolute atomic E-state index is 14.7.